The Kier molecular flexibility index (Phi) is 4.69. The standard InChI is InChI=1S/C14H17N3O2/c1-11-9-13(17-19-11)16-14(18)10-15-8-7-12-5-3-2-4-6-12/h2-6,9,15H,7-8,10H2,1H3,(H,16,17,18). The molecule has 0 spiro atoms. The second-order valence-electron chi connectivity index (χ2n) is 4.28. The lowest BCUT2D eigenvalue weighted by Crippen LogP contribution is -2.29. The van der Waals surface area contributed by atoms with Crippen LogP contribution >= 0.6 is 0 Å². The first-order valence-corrected chi connectivity index (χ1v) is 6.22. The van der Waals surface area contributed by atoms with Gasteiger partial charge in [0.2, 0.25) is 5.91 Å². The van der Waals surface area contributed by atoms with Gasteiger partial charge in [-0.15, -0.1) is 0 Å². The number of carbonyl (C=O) groups is 1. The average molecular weight is 259 g/mol. The summed E-state index contributed by atoms with van der Waals surface area (Å²) in [6.45, 7) is 2.80. The number of benzene rings is 1. The van der Waals surface area contributed by atoms with Gasteiger partial charge in [0.15, 0.2) is 5.82 Å². The molecule has 2 aromatic rings. The Labute approximate surface area is 112 Å². The van der Waals surface area contributed by atoms with E-state index in [1.807, 2.05) is 18.2 Å². The van der Waals surface area contributed by atoms with E-state index in [1.165, 1.54) is 5.56 Å². The summed E-state index contributed by atoms with van der Waals surface area (Å²) in [5, 5.41) is 9.44. The van der Waals surface area contributed by atoms with Gasteiger partial charge in [0, 0.05) is 6.07 Å². The van der Waals surface area contributed by atoms with Gasteiger partial charge < -0.3 is 15.2 Å². The maximum absolute atomic E-state index is 11.6. The van der Waals surface area contributed by atoms with Crippen LogP contribution in [0.5, 0.6) is 0 Å². The van der Waals surface area contributed by atoms with E-state index in [2.05, 4.69) is 27.9 Å². The van der Waals surface area contributed by atoms with Crippen LogP contribution in [0, 0.1) is 6.92 Å². The Bertz CT molecular complexity index is 522. The summed E-state index contributed by atoms with van der Waals surface area (Å²) in [5.41, 5.74) is 1.25. The molecule has 0 bridgehead atoms. The third kappa shape index (κ3) is 4.56. The number of aryl methyl sites for hydroxylation is 1. The molecule has 0 radical (unpaired) electrons. The molecule has 1 amide bonds. The molecule has 0 atom stereocenters. The van der Waals surface area contributed by atoms with Gasteiger partial charge in [-0.3, -0.25) is 4.79 Å². The highest BCUT2D eigenvalue weighted by atomic mass is 16.5. The Hall–Kier alpha value is -2.14. The third-order valence-corrected chi connectivity index (χ3v) is 2.61. The van der Waals surface area contributed by atoms with Crippen molar-refractivity contribution in [1.29, 1.82) is 0 Å². The van der Waals surface area contributed by atoms with Crippen LogP contribution in [-0.2, 0) is 11.2 Å². The van der Waals surface area contributed by atoms with Crippen LogP contribution in [0.1, 0.15) is 11.3 Å². The molecule has 100 valence electrons. The predicted molar refractivity (Wildman–Crippen MR) is 72.9 cm³/mol. The van der Waals surface area contributed by atoms with Crippen LogP contribution in [-0.4, -0.2) is 24.2 Å². The first-order valence-electron chi connectivity index (χ1n) is 6.22. The number of hydrogen-bond acceptors (Lipinski definition) is 4. The zero-order valence-corrected chi connectivity index (χ0v) is 10.8. The minimum atomic E-state index is -0.124. The normalized spacial score (nSPS) is 10.4. The average Bonchev–Trinajstić information content (AvgIpc) is 2.81. The molecule has 1 heterocycles. The van der Waals surface area contributed by atoms with E-state index in [1.54, 1.807) is 13.0 Å². The second-order valence-corrected chi connectivity index (χ2v) is 4.28. The highest BCUT2D eigenvalue weighted by molar-refractivity contribution is 5.91. The highest BCUT2D eigenvalue weighted by Gasteiger charge is 2.05. The first-order chi connectivity index (χ1) is 9.24. The van der Waals surface area contributed by atoms with E-state index in [0.29, 0.717) is 11.6 Å². The summed E-state index contributed by atoms with van der Waals surface area (Å²) in [7, 11) is 0. The number of rotatable bonds is 6. The van der Waals surface area contributed by atoms with Crippen molar-refractivity contribution in [3.8, 4) is 0 Å². The fourth-order valence-electron chi connectivity index (χ4n) is 1.69. The molecule has 5 heteroatoms. The lowest BCUT2D eigenvalue weighted by molar-refractivity contribution is -0.115. The van der Waals surface area contributed by atoms with Crippen LogP contribution in [0.25, 0.3) is 0 Å². The molecule has 0 aliphatic heterocycles. The molecule has 0 saturated carbocycles. The summed E-state index contributed by atoms with van der Waals surface area (Å²) >= 11 is 0. The van der Waals surface area contributed by atoms with Crippen molar-refractivity contribution in [3.63, 3.8) is 0 Å². The van der Waals surface area contributed by atoms with E-state index in [-0.39, 0.29) is 12.5 Å². The summed E-state index contributed by atoms with van der Waals surface area (Å²) < 4.78 is 4.86. The van der Waals surface area contributed by atoms with Gasteiger partial charge in [0.1, 0.15) is 5.76 Å². The van der Waals surface area contributed by atoms with E-state index in [4.69, 9.17) is 4.52 Å². The zero-order chi connectivity index (χ0) is 13.5. The van der Waals surface area contributed by atoms with Crippen LogP contribution in [0.2, 0.25) is 0 Å². The van der Waals surface area contributed by atoms with Crippen molar-refractivity contribution in [2.45, 2.75) is 13.3 Å². The Morgan fingerprint density at radius 3 is 2.79 bits per heavy atom. The molecular formula is C14H17N3O2. The van der Waals surface area contributed by atoms with Gasteiger partial charge in [0.05, 0.1) is 6.54 Å². The zero-order valence-electron chi connectivity index (χ0n) is 10.8. The third-order valence-electron chi connectivity index (χ3n) is 2.61. The van der Waals surface area contributed by atoms with Gasteiger partial charge in [0.25, 0.3) is 0 Å². The fourth-order valence-corrected chi connectivity index (χ4v) is 1.69. The van der Waals surface area contributed by atoms with Crippen LogP contribution in [0.15, 0.2) is 40.9 Å². The molecule has 5 nitrogen and oxygen atoms in total. The monoisotopic (exact) mass is 259 g/mol. The predicted octanol–water partition coefficient (Wildman–Crippen LogP) is 1.75. The van der Waals surface area contributed by atoms with Crippen LogP contribution in [0.4, 0.5) is 5.82 Å². The lowest BCUT2D eigenvalue weighted by Gasteiger charge is -2.04. The van der Waals surface area contributed by atoms with Gasteiger partial charge in [-0.1, -0.05) is 35.5 Å². The van der Waals surface area contributed by atoms with Gasteiger partial charge >= 0.3 is 0 Å². The van der Waals surface area contributed by atoms with E-state index in [0.717, 1.165) is 13.0 Å². The quantitative estimate of drug-likeness (QED) is 0.776. The molecule has 1 aromatic heterocycles. The number of carbonyl (C=O) groups excluding carboxylic acids is 1. The fraction of sp³-hybridized carbons (Fsp3) is 0.286. The summed E-state index contributed by atoms with van der Waals surface area (Å²) in [4.78, 5) is 11.6. The molecule has 0 saturated heterocycles. The van der Waals surface area contributed by atoms with Crippen molar-refractivity contribution in [2.75, 3.05) is 18.4 Å². The van der Waals surface area contributed by atoms with Crippen molar-refractivity contribution >= 4 is 11.7 Å². The SMILES string of the molecule is Cc1cc(NC(=O)CNCCc2ccccc2)no1. The Balaban J connectivity index is 1.64. The number of amides is 1. The Morgan fingerprint density at radius 1 is 1.32 bits per heavy atom. The molecule has 2 rings (SSSR count). The molecule has 0 unspecified atom stereocenters. The minimum Gasteiger partial charge on any atom is -0.360 e. The summed E-state index contributed by atoms with van der Waals surface area (Å²) in [6, 6.07) is 11.8. The van der Waals surface area contributed by atoms with E-state index < -0.39 is 0 Å². The number of hydrogen-bond donors (Lipinski definition) is 2. The molecule has 19 heavy (non-hydrogen) atoms. The number of nitrogens with zero attached hydrogens (tertiary/aromatic N) is 1. The molecule has 0 aliphatic carbocycles. The molecule has 0 fully saturated rings. The van der Waals surface area contributed by atoms with Gasteiger partial charge in [-0.25, -0.2) is 0 Å². The maximum Gasteiger partial charge on any atom is 0.239 e. The second kappa shape index (κ2) is 6.70. The largest absolute Gasteiger partial charge is 0.360 e. The van der Waals surface area contributed by atoms with Crippen molar-refractivity contribution in [1.82, 2.24) is 10.5 Å². The topological polar surface area (TPSA) is 67.2 Å². The molecule has 2 N–H and O–H groups in total. The summed E-state index contributed by atoms with van der Waals surface area (Å²) in [5.74, 6) is 1.00. The van der Waals surface area contributed by atoms with Crippen LogP contribution < -0.4 is 10.6 Å². The van der Waals surface area contributed by atoms with E-state index >= 15 is 0 Å². The number of anilines is 1. The molecular weight excluding hydrogens is 242 g/mol. The van der Waals surface area contributed by atoms with Crippen molar-refractivity contribution in [3.05, 3.63) is 47.7 Å². The van der Waals surface area contributed by atoms with Gasteiger partial charge in [-0.2, -0.15) is 0 Å². The molecule has 1 aromatic carbocycles. The van der Waals surface area contributed by atoms with Crippen molar-refractivity contribution in [2.24, 2.45) is 0 Å². The maximum atomic E-state index is 11.6. The lowest BCUT2D eigenvalue weighted by atomic mass is 10.1. The summed E-state index contributed by atoms with van der Waals surface area (Å²) in [6.07, 6.45) is 0.900. The van der Waals surface area contributed by atoms with E-state index in [9.17, 15) is 4.79 Å². The molecule has 0 aliphatic rings. The number of aromatic nitrogens is 1. The van der Waals surface area contributed by atoms with Crippen LogP contribution in [0.3, 0.4) is 0 Å². The smallest absolute Gasteiger partial charge is 0.239 e. The minimum absolute atomic E-state index is 0.124. The Morgan fingerprint density at radius 2 is 2.11 bits per heavy atom. The van der Waals surface area contributed by atoms with Gasteiger partial charge in [-0.05, 0) is 25.5 Å². The highest BCUT2D eigenvalue weighted by Crippen LogP contribution is 2.06. The first kappa shape index (κ1) is 13.3. The number of nitrogens with one attached hydrogen (secondary N) is 2. The van der Waals surface area contributed by atoms with Crippen molar-refractivity contribution < 1.29 is 9.32 Å².